The molecule has 1 amide bonds. The Bertz CT molecular complexity index is 1080. The Hall–Kier alpha value is -2.90. The van der Waals surface area contributed by atoms with Crippen molar-refractivity contribution >= 4 is 51.0 Å². The highest BCUT2D eigenvalue weighted by molar-refractivity contribution is 7.99. The molecular weight excluding hydrogens is 376 g/mol. The van der Waals surface area contributed by atoms with Crippen LogP contribution in [0.15, 0.2) is 77.1 Å². The molecule has 2 aromatic heterocycles. The van der Waals surface area contributed by atoms with Gasteiger partial charge in [-0.25, -0.2) is 9.97 Å². The van der Waals surface area contributed by atoms with E-state index >= 15 is 0 Å². The summed E-state index contributed by atoms with van der Waals surface area (Å²) in [5, 5.41) is 4.60. The Morgan fingerprint density at radius 1 is 1.19 bits per heavy atom. The fraction of sp³-hybridized carbons (Fsp3) is 0.0500. The number of anilines is 1. The van der Waals surface area contributed by atoms with Gasteiger partial charge in [0.15, 0.2) is 5.16 Å². The molecule has 2 aromatic carbocycles. The number of imidazole rings is 1. The van der Waals surface area contributed by atoms with E-state index in [9.17, 15) is 4.79 Å². The quantitative estimate of drug-likeness (QED) is 0.494. The zero-order valence-corrected chi connectivity index (χ0v) is 16.1. The SMILES string of the molecule is Cn1ccnc1Sc1ccc(NC(=O)/C=C/c2nc3ccccc3s2)cc1. The van der Waals surface area contributed by atoms with E-state index in [4.69, 9.17) is 0 Å². The number of benzene rings is 2. The van der Waals surface area contributed by atoms with Crippen molar-refractivity contribution in [1.29, 1.82) is 0 Å². The minimum atomic E-state index is -0.182. The van der Waals surface area contributed by atoms with Crippen LogP contribution in [0.25, 0.3) is 16.3 Å². The lowest BCUT2D eigenvalue weighted by atomic mass is 10.3. The smallest absolute Gasteiger partial charge is 0.248 e. The number of amides is 1. The van der Waals surface area contributed by atoms with Crippen LogP contribution in [0.1, 0.15) is 5.01 Å². The number of rotatable bonds is 5. The first kappa shape index (κ1) is 17.5. The van der Waals surface area contributed by atoms with Crippen LogP contribution < -0.4 is 5.32 Å². The molecule has 5 nitrogen and oxygen atoms in total. The summed E-state index contributed by atoms with van der Waals surface area (Å²) in [4.78, 5) is 22.0. The number of hydrogen-bond donors (Lipinski definition) is 1. The third-order valence-corrected chi connectivity index (χ3v) is 5.88. The van der Waals surface area contributed by atoms with Gasteiger partial charge in [-0.05, 0) is 42.5 Å². The second kappa shape index (κ2) is 7.77. The highest BCUT2D eigenvalue weighted by Crippen LogP contribution is 2.27. The number of hydrogen-bond acceptors (Lipinski definition) is 5. The number of carbonyl (C=O) groups is 1. The van der Waals surface area contributed by atoms with Crippen molar-refractivity contribution < 1.29 is 4.79 Å². The molecule has 134 valence electrons. The first-order valence-corrected chi connectivity index (χ1v) is 9.90. The summed E-state index contributed by atoms with van der Waals surface area (Å²) in [6.45, 7) is 0. The number of carbonyl (C=O) groups excluding carboxylic acids is 1. The first-order valence-electron chi connectivity index (χ1n) is 8.27. The molecule has 4 rings (SSSR count). The van der Waals surface area contributed by atoms with Gasteiger partial charge in [0.2, 0.25) is 5.91 Å². The van der Waals surface area contributed by atoms with Crippen molar-refractivity contribution in [3.63, 3.8) is 0 Å². The molecule has 0 saturated carbocycles. The van der Waals surface area contributed by atoms with E-state index in [-0.39, 0.29) is 5.91 Å². The minimum absolute atomic E-state index is 0.182. The van der Waals surface area contributed by atoms with Crippen molar-refractivity contribution in [2.24, 2.45) is 7.05 Å². The van der Waals surface area contributed by atoms with E-state index in [0.717, 1.165) is 31.0 Å². The van der Waals surface area contributed by atoms with Gasteiger partial charge in [-0.1, -0.05) is 23.9 Å². The van der Waals surface area contributed by atoms with Gasteiger partial charge >= 0.3 is 0 Å². The monoisotopic (exact) mass is 392 g/mol. The molecule has 0 aliphatic rings. The van der Waals surface area contributed by atoms with Crippen LogP contribution >= 0.6 is 23.1 Å². The fourth-order valence-corrected chi connectivity index (χ4v) is 4.13. The van der Waals surface area contributed by atoms with E-state index in [0.29, 0.717) is 0 Å². The summed E-state index contributed by atoms with van der Waals surface area (Å²) in [7, 11) is 1.96. The Balaban J connectivity index is 1.38. The highest BCUT2D eigenvalue weighted by atomic mass is 32.2. The summed E-state index contributed by atoms with van der Waals surface area (Å²) in [6.07, 6.45) is 6.93. The van der Waals surface area contributed by atoms with Gasteiger partial charge in [0.25, 0.3) is 0 Å². The highest BCUT2D eigenvalue weighted by Gasteiger charge is 2.04. The molecule has 2 heterocycles. The minimum Gasteiger partial charge on any atom is -0.329 e. The first-order chi connectivity index (χ1) is 13.2. The van der Waals surface area contributed by atoms with Crippen LogP contribution in [-0.4, -0.2) is 20.4 Å². The second-order valence-electron chi connectivity index (χ2n) is 5.79. The van der Waals surface area contributed by atoms with Crippen LogP contribution in [0.4, 0.5) is 5.69 Å². The number of para-hydroxylation sites is 1. The van der Waals surface area contributed by atoms with E-state index in [1.54, 1.807) is 35.4 Å². The van der Waals surface area contributed by atoms with Crippen LogP contribution in [0.5, 0.6) is 0 Å². The lowest BCUT2D eigenvalue weighted by Crippen LogP contribution is -2.07. The molecule has 0 aliphatic heterocycles. The van der Waals surface area contributed by atoms with E-state index < -0.39 is 0 Å². The number of thiazole rings is 1. The van der Waals surface area contributed by atoms with Gasteiger partial charge in [-0.2, -0.15) is 0 Å². The summed E-state index contributed by atoms with van der Waals surface area (Å²) >= 11 is 3.14. The van der Waals surface area contributed by atoms with Crippen molar-refractivity contribution in [2.45, 2.75) is 10.1 Å². The summed E-state index contributed by atoms with van der Waals surface area (Å²) in [5.41, 5.74) is 1.70. The lowest BCUT2D eigenvalue weighted by molar-refractivity contribution is -0.111. The van der Waals surface area contributed by atoms with Gasteiger partial charge in [0, 0.05) is 36.1 Å². The topological polar surface area (TPSA) is 59.8 Å². The molecule has 4 aromatic rings. The van der Waals surface area contributed by atoms with Gasteiger partial charge < -0.3 is 9.88 Å². The number of aryl methyl sites for hydroxylation is 1. The molecule has 0 unspecified atom stereocenters. The number of nitrogens with zero attached hydrogens (tertiary/aromatic N) is 3. The van der Waals surface area contributed by atoms with Crippen LogP contribution in [0, 0.1) is 0 Å². The predicted molar refractivity (Wildman–Crippen MR) is 111 cm³/mol. The maximum absolute atomic E-state index is 12.1. The Morgan fingerprint density at radius 2 is 2.00 bits per heavy atom. The largest absolute Gasteiger partial charge is 0.329 e. The van der Waals surface area contributed by atoms with Crippen LogP contribution in [0.2, 0.25) is 0 Å². The van der Waals surface area contributed by atoms with Gasteiger partial charge in [0.05, 0.1) is 10.2 Å². The number of nitrogens with one attached hydrogen (secondary N) is 1. The molecule has 0 spiro atoms. The zero-order chi connectivity index (χ0) is 18.6. The predicted octanol–water partition coefficient (Wildman–Crippen LogP) is 4.83. The third-order valence-electron chi connectivity index (χ3n) is 3.80. The average Bonchev–Trinajstić information content (AvgIpc) is 3.27. The van der Waals surface area contributed by atoms with Gasteiger partial charge in [0.1, 0.15) is 5.01 Å². The third kappa shape index (κ3) is 4.27. The molecule has 0 saturated heterocycles. The van der Waals surface area contributed by atoms with Crippen molar-refractivity contribution in [3.8, 4) is 0 Å². The number of aromatic nitrogens is 3. The van der Waals surface area contributed by atoms with E-state index in [2.05, 4.69) is 15.3 Å². The van der Waals surface area contributed by atoms with Crippen molar-refractivity contribution in [1.82, 2.24) is 14.5 Å². The molecule has 0 fully saturated rings. The molecule has 1 N–H and O–H groups in total. The van der Waals surface area contributed by atoms with E-state index in [1.165, 1.54) is 6.08 Å². The Morgan fingerprint density at radius 3 is 2.74 bits per heavy atom. The average molecular weight is 393 g/mol. The van der Waals surface area contributed by atoms with Crippen molar-refractivity contribution in [2.75, 3.05) is 5.32 Å². The molecule has 0 radical (unpaired) electrons. The van der Waals surface area contributed by atoms with E-state index in [1.807, 2.05) is 66.3 Å². The molecule has 7 heteroatoms. The summed E-state index contributed by atoms with van der Waals surface area (Å²) < 4.78 is 3.08. The van der Waals surface area contributed by atoms with Crippen LogP contribution in [0.3, 0.4) is 0 Å². The zero-order valence-electron chi connectivity index (χ0n) is 14.5. The molecule has 27 heavy (non-hydrogen) atoms. The van der Waals surface area contributed by atoms with Gasteiger partial charge in [-0.3, -0.25) is 4.79 Å². The molecule has 0 atom stereocenters. The lowest BCUT2D eigenvalue weighted by Gasteiger charge is -2.04. The Kier molecular flexibility index (Phi) is 5.04. The fourth-order valence-electron chi connectivity index (χ4n) is 2.45. The summed E-state index contributed by atoms with van der Waals surface area (Å²) in [6, 6.07) is 15.6. The maximum atomic E-state index is 12.1. The standard InChI is InChI=1S/C20H16N4OS2/c1-24-13-12-21-20(24)26-15-8-6-14(7-9-15)22-18(25)10-11-19-23-16-4-2-3-5-17(16)27-19/h2-13H,1H3,(H,22,25)/b11-10+. The Labute approximate surface area is 164 Å². The molecular formula is C20H16N4OS2. The summed E-state index contributed by atoms with van der Waals surface area (Å²) in [5.74, 6) is -0.182. The van der Waals surface area contributed by atoms with Gasteiger partial charge in [-0.15, -0.1) is 11.3 Å². The van der Waals surface area contributed by atoms with Crippen LogP contribution in [-0.2, 0) is 11.8 Å². The van der Waals surface area contributed by atoms with Crippen molar-refractivity contribution in [3.05, 3.63) is 72.0 Å². The molecule has 0 aliphatic carbocycles. The second-order valence-corrected chi connectivity index (χ2v) is 7.89. The maximum Gasteiger partial charge on any atom is 0.248 e. The normalized spacial score (nSPS) is 11.3. The molecule has 0 bridgehead atoms. The number of fused-ring (bicyclic) bond motifs is 1.